The van der Waals surface area contributed by atoms with Crippen LogP contribution in [0.3, 0.4) is 0 Å². The lowest BCUT2D eigenvalue weighted by Gasteiger charge is -2.35. The van der Waals surface area contributed by atoms with Crippen molar-refractivity contribution in [3.8, 4) is 22.6 Å². The van der Waals surface area contributed by atoms with Gasteiger partial charge in [-0.25, -0.2) is 19.3 Å². The lowest BCUT2D eigenvalue weighted by Crippen LogP contribution is -2.50. The Labute approximate surface area is 222 Å². The van der Waals surface area contributed by atoms with Gasteiger partial charge in [0, 0.05) is 24.3 Å². The number of hydrogen-bond donors (Lipinski definition) is 3. The van der Waals surface area contributed by atoms with Crippen LogP contribution in [-0.2, 0) is 14.3 Å². The number of amides is 1. The van der Waals surface area contributed by atoms with E-state index in [1.165, 1.54) is 12.1 Å². The molecule has 3 heterocycles. The van der Waals surface area contributed by atoms with Gasteiger partial charge < -0.3 is 30.0 Å². The first-order chi connectivity index (χ1) is 18.1. The van der Waals surface area contributed by atoms with E-state index in [2.05, 4.69) is 30.5 Å². The monoisotopic (exact) mass is 525 g/mol. The Morgan fingerprint density at radius 1 is 1.18 bits per heavy atom. The van der Waals surface area contributed by atoms with Gasteiger partial charge in [-0.1, -0.05) is 0 Å². The Balaban J connectivity index is 1.58. The van der Waals surface area contributed by atoms with Crippen molar-refractivity contribution in [1.82, 2.24) is 30.2 Å². The van der Waals surface area contributed by atoms with Gasteiger partial charge in [0.25, 0.3) is 0 Å². The van der Waals surface area contributed by atoms with Gasteiger partial charge in [-0.3, -0.25) is 4.79 Å². The molecule has 1 aliphatic rings. The maximum Gasteiger partial charge on any atom is 0.230 e. The lowest BCUT2D eigenvalue weighted by molar-refractivity contribution is -0.231. The van der Waals surface area contributed by atoms with Gasteiger partial charge in [0.2, 0.25) is 18.1 Å². The van der Waals surface area contributed by atoms with Crippen LogP contribution in [0.4, 0.5) is 10.3 Å². The van der Waals surface area contributed by atoms with Crippen LogP contribution in [0.5, 0.6) is 0 Å². The molecule has 3 aromatic rings. The van der Waals surface area contributed by atoms with Crippen LogP contribution in [-0.4, -0.2) is 77.2 Å². The normalized spacial score (nSPS) is 19.6. The number of anilines is 1. The highest BCUT2D eigenvalue weighted by molar-refractivity contribution is 5.83. The van der Waals surface area contributed by atoms with Gasteiger partial charge in [0.05, 0.1) is 35.7 Å². The van der Waals surface area contributed by atoms with E-state index in [0.29, 0.717) is 34.4 Å². The molecule has 0 unspecified atom stereocenters. The van der Waals surface area contributed by atoms with Crippen molar-refractivity contribution in [2.45, 2.75) is 39.5 Å². The van der Waals surface area contributed by atoms with E-state index in [1.807, 2.05) is 34.9 Å². The fourth-order valence-electron chi connectivity index (χ4n) is 4.02. The third-order valence-corrected chi connectivity index (χ3v) is 6.11. The number of aromatic nitrogens is 4. The van der Waals surface area contributed by atoms with Gasteiger partial charge >= 0.3 is 0 Å². The van der Waals surface area contributed by atoms with Crippen LogP contribution in [0.2, 0.25) is 0 Å². The molecule has 0 atom stereocenters. The second kappa shape index (κ2) is 12.0. The molecule has 1 amide bonds. The van der Waals surface area contributed by atoms with Crippen LogP contribution >= 0.6 is 0 Å². The Morgan fingerprint density at radius 3 is 2.55 bits per heavy atom. The standard InChI is InChI=1S/C27H36FN7O3/c1-17(2)31-25(36)27(3)15-37-24(38-16-27)23-33-21(18-7-9-19(28)10-8-18)22(34-23)20-11-13-30-26(32-20)29-12-6-14-35(4)5/h7-11,13,17,24H,6,12,14-16H2,1-5H3,(H,31,36)(H,33,34)(H,29,30,32). The number of rotatable bonds is 10. The number of nitrogens with one attached hydrogen (secondary N) is 3. The second-order valence-corrected chi connectivity index (χ2v) is 10.3. The Bertz CT molecular complexity index is 1220. The number of benzene rings is 1. The molecule has 11 heteroatoms. The first kappa shape index (κ1) is 27.6. The highest BCUT2D eigenvalue weighted by Gasteiger charge is 2.41. The number of aromatic amines is 1. The Hall–Kier alpha value is -3.41. The molecule has 38 heavy (non-hydrogen) atoms. The molecule has 0 radical (unpaired) electrons. The van der Waals surface area contributed by atoms with Gasteiger partial charge in [0.1, 0.15) is 5.82 Å². The van der Waals surface area contributed by atoms with Crippen LogP contribution < -0.4 is 10.6 Å². The maximum atomic E-state index is 13.7. The molecule has 204 valence electrons. The van der Waals surface area contributed by atoms with Crippen LogP contribution in [0.15, 0.2) is 36.5 Å². The molecule has 0 saturated carbocycles. The zero-order valence-corrected chi connectivity index (χ0v) is 22.5. The van der Waals surface area contributed by atoms with E-state index in [9.17, 15) is 9.18 Å². The predicted octanol–water partition coefficient (Wildman–Crippen LogP) is 3.61. The summed E-state index contributed by atoms with van der Waals surface area (Å²) in [6.45, 7) is 7.66. The summed E-state index contributed by atoms with van der Waals surface area (Å²) in [6.07, 6.45) is 1.83. The first-order valence-corrected chi connectivity index (χ1v) is 12.8. The summed E-state index contributed by atoms with van der Waals surface area (Å²) in [5.41, 5.74) is 1.72. The van der Waals surface area contributed by atoms with Gasteiger partial charge in [0.15, 0.2) is 5.82 Å². The third-order valence-electron chi connectivity index (χ3n) is 6.11. The van der Waals surface area contributed by atoms with Crippen molar-refractivity contribution in [2.24, 2.45) is 5.41 Å². The predicted molar refractivity (Wildman–Crippen MR) is 143 cm³/mol. The highest BCUT2D eigenvalue weighted by Crippen LogP contribution is 2.35. The van der Waals surface area contributed by atoms with E-state index in [1.54, 1.807) is 24.4 Å². The van der Waals surface area contributed by atoms with Crippen molar-refractivity contribution < 1.29 is 18.7 Å². The summed E-state index contributed by atoms with van der Waals surface area (Å²) in [5, 5.41) is 6.18. The molecule has 2 aromatic heterocycles. The minimum atomic E-state index is -0.810. The molecule has 3 N–H and O–H groups in total. The Kier molecular flexibility index (Phi) is 8.70. The minimum absolute atomic E-state index is 0.0168. The summed E-state index contributed by atoms with van der Waals surface area (Å²) in [4.78, 5) is 31.8. The zero-order chi connectivity index (χ0) is 27.3. The molecule has 0 spiro atoms. The average Bonchev–Trinajstić information content (AvgIpc) is 3.33. The van der Waals surface area contributed by atoms with Crippen molar-refractivity contribution in [2.75, 3.05) is 45.7 Å². The van der Waals surface area contributed by atoms with E-state index >= 15 is 0 Å². The molecule has 1 saturated heterocycles. The first-order valence-electron chi connectivity index (χ1n) is 12.8. The lowest BCUT2D eigenvalue weighted by atomic mass is 9.90. The molecule has 1 aromatic carbocycles. The molecule has 0 bridgehead atoms. The summed E-state index contributed by atoms with van der Waals surface area (Å²) in [6, 6.07) is 7.90. The van der Waals surface area contributed by atoms with Crippen LogP contribution in [0, 0.1) is 11.2 Å². The summed E-state index contributed by atoms with van der Waals surface area (Å²) < 4.78 is 25.6. The third kappa shape index (κ3) is 6.72. The fourth-order valence-corrected chi connectivity index (χ4v) is 4.02. The number of halogens is 1. The van der Waals surface area contributed by atoms with Gasteiger partial charge in [-0.05, 0) is 78.2 Å². The zero-order valence-electron chi connectivity index (χ0n) is 22.5. The molecule has 1 fully saturated rings. The van der Waals surface area contributed by atoms with E-state index in [0.717, 1.165) is 19.5 Å². The maximum absolute atomic E-state index is 13.7. The van der Waals surface area contributed by atoms with E-state index < -0.39 is 11.7 Å². The number of hydrogen-bond acceptors (Lipinski definition) is 8. The smallest absolute Gasteiger partial charge is 0.230 e. The van der Waals surface area contributed by atoms with Crippen LogP contribution in [0.25, 0.3) is 22.6 Å². The molecular formula is C27H36FN7O3. The second-order valence-electron chi connectivity index (χ2n) is 10.3. The van der Waals surface area contributed by atoms with Crippen molar-refractivity contribution in [1.29, 1.82) is 0 Å². The largest absolute Gasteiger partial charge is 0.354 e. The molecule has 0 aliphatic carbocycles. The minimum Gasteiger partial charge on any atom is -0.354 e. The fraction of sp³-hybridized carbons (Fsp3) is 0.481. The number of H-pyrrole nitrogens is 1. The SMILES string of the molecule is CC(C)NC(=O)C1(C)COC(c2nc(-c3ccc(F)cc3)c(-c3ccnc(NCCCN(C)C)n3)[nH]2)OC1. The number of nitrogens with zero attached hydrogens (tertiary/aromatic N) is 4. The van der Waals surface area contributed by atoms with E-state index in [-0.39, 0.29) is 31.0 Å². The summed E-state index contributed by atoms with van der Waals surface area (Å²) in [5.74, 6) is 0.476. The van der Waals surface area contributed by atoms with Gasteiger partial charge in [-0.15, -0.1) is 0 Å². The van der Waals surface area contributed by atoms with Gasteiger partial charge in [-0.2, -0.15) is 0 Å². The van der Waals surface area contributed by atoms with Crippen molar-refractivity contribution in [3.63, 3.8) is 0 Å². The van der Waals surface area contributed by atoms with Crippen LogP contribution in [0.1, 0.15) is 39.3 Å². The summed E-state index contributed by atoms with van der Waals surface area (Å²) >= 11 is 0. The van der Waals surface area contributed by atoms with E-state index in [4.69, 9.17) is 14.5 Å². The topological polar surface area (TPSA) is 117 Å². The Morgan fingerprint density at radius 2 is 1.89 bits per heavy atom. The van der Waals surface area contributed by atoms with Crippen molar-refractivity contribution in [3.05, 3.63) is 48.2 Å². The average molecular weight is 526 g/mol. The highest BCUT2D eigenvalue weighted by atomic mass is 19.1. The number of ether oxygens (including phenoxy) is 2. The molecule has 10 nitrogen and oxygen atoms in total. The molecule has 1 aliphatic heterocycles. The quantitative estimate of drug-likeness (QED) is 0.344. The number of carbonyl (C=O) groups excluding carboxylic acids is 1. The number of carbonyl (C=O) groups is 1. The van der Waals surface area contributed by atoms with Crippen molar-refractivity contribution >= 4 is 11.9 Å². The molecular weight excluding hydrogens is 489 g/mol. The molecule has 4 rings (SSSR count). The summed E-state index contributed by atoms with van der Waals surface area (Å²) in [7, 11) is 4.06. The number of imidazole rings is 1.